The van der Waals surface area contributed by atoms with Gasteiger partial charge in [0.1, 0.15) is 0 Å². The van der Waals surface area contributed by atoms with E-state index in [2.05, 4.69) is 22.0 Å². The van der Waals surface area contributed by atoms with Crippen molar-refractivity contribution in [3.63, 3.8) is 0 Å². The summed E-state index contributed by atoms with van der Waals surface area (Å²) in [4.78, 5) is 28.2. The van der Waals surface area contributed by atoms with E-state index in [4.69, 9.17) is 11.6 Å². The number of nitrogens with one attached hydrogen (secondary N) is 1. The number of carbonyl (C=O) groups excluding carboxylic acids is 1. The molecule has 1 fully saturated rings. The lowest BCUT2D eigenvalue weighted by molar-refractivity contribution is 0.0970. The number of aromatic nitrogens is 1. The maximum absolute atomic E-state index is 12.1. The van der Waals surface area contributed by atoms with Gasteiger partial charge in [-0.3, -0.25) is 9.59 Å². The first-order chi connectivity index (χ1) is 12.6. The molecule has 1 aromatic heterocycles. The highest BCUT2D eigenvalue weighted by molar-refractivity contribution is 6.30. The highest BCUT2D eigenvalue weighted by atomic mass is 35.5. The summed E-state index contributed by atoms with van der Waals surface area (Å²) in [5, 5.41) is 0.792. The second-order valence-electron chi connectivity index (χ2n) is 7.08. The van der Waals surface area contributed by atoms with Gasteiger partial charge in [0.25, 0.3) is 0 Å². The zero-order chi connectivity index (χ0) is 18.4. The Hall–Kier alpha value is -1.91. The van der Waals surface area contributed by atoms with Gasteiger partial charge in [0, 0.05) is 29.3 Å². The first kappa shape index (κ1) is 18.9. The van der Waals surface area contributed by atoms with E-state index in [0.29, 0.717) is 12.0 Å². The van der Waals surface area contributed by atoms with Crippen molar-refractivity contribution in [1.29, 1.82) is 0 Å². The van der Waals surface area contributed by atoms with Crippen LogP contribution in [0.25, 0.3) is 0 Å². The number of carbonyl (C=O) groups is 1. The number of halogens is 1. The van der Waals surface area contributed by atoms with Gasteiger partial charge in [-0.1, -0.05) is 23.7 Å². The molecule has 138 valence electrons. The van der Waals surface area contributed by atoms with Crippen LogP contribution in [0.5, 0.6) is 0 Å². The number of hydrogen-bond acceptors (Lipinski definition) is 3. The molecule has 5 heteroatoms. The molecule has 0 aliphatic carbocycles. The zero-order valence-electron chi connectivity index (χ0n) is 14.9. The van der Waals surface area contributed by atoms with Crippen LogP contribution in [0.1, 0.15) is 41.6 Å². The minimum absolute atomic E-state index is 0.0962. The van der Waals surface area contributed by atoms with E-state index < -0.39 is 0 Å². The van der Waals surface area contributed by atoms with E-state index in [-0.39, 0.29) is 11.3 Å². The third-order valence-electron chi connectivity index (χ3n) is 5.13. The molecule has 0 radical (unpaired) electrons. The van der Waals surface area contributed by atoms with E-state index in [9.17, 15) is 9.59 Å². The number of aromatic amines is 1. The Kier molecular flexibility index (Phi) is 6.64. The third-order valence-corrected chi connectivity index (χ3v) is 5.38. The van der Waals surface area contributed by atoms with Crippen LogP contribution in [-0.2, 0) is 6.42 Å². The number of hydrogen-bond donors (Lipinski definition) is 1. The molecule has 0 saturated carbocycles. The van der Waals surface area contributed by atoms with Crippen LogP contribution in [0.3, 0.4) is 0 Å². The number of H-pyrrole nitrogens is 1. The van der Waals surface area contributed by atoms with Gasteiger partial charge in [-0.05, 0) is 75.0 Å². The van der Waals surface area contributed by atoms with Gasteiger partial charge >= 0.3 is 0 Å². The van der Waals surface area contributed by atoms with Gasteiger partial charge < -0.3 is 9.88 Å². The number of piperidine rings is 1. The quantitative estimate of drug-likeness (QED) is 0.749. The van der Waals surface area contributed by atoms with Crippen LogP contribution in [0.15, 0.2) is 47.4 Å². The van der Waals surface area contributed by atoms with E-state index in [1.54, 1.807) is 6.07 Å². The lowest BCUT2D eigenvalue weighted by Gasteiger charge is -2.32. The Labute approximate surface area is 159 Å². The summed E-state index contributed by atoms with van der Waals surface area (Å²) in [6.45, 7) is 3.17. The Morgan fingerprint density at radius 3 is 2.50 bits per heavy atom. The van der Waals surface area contributed by atoms with Crippen molar-refractivity contribution in [3.8, 4) is 0 Å². The average Bonchev–Trinajstić information content (AvgIpc) is 2.65. The Bertz CT molecular complexity index is 757. The lowest BCUT2D eigenvalue weighted by atomic mass is 9.90. The number of Topliss-reactive ketones (excluding diaryl/α,β-unsaturated/α-hetero) is 1. The van der Waals surface area contributed by atoms with Crippen molar-refractivity contribution in [2.75, 3.05) is 19.6 Å². The number of likely N-dealkylation sites (tertiary alicyclic amines) is 1. The molecule has 3 rings (SSSR count). The molecule has 0 unspecified atom stereocenters. The number of pyridine rings is 1. The number of nitrogens with zero attached hydrogens (tertiary/aromatic N) is 1. The van der Waals surface area contributed by atoms with Gasteiger partial charge in [0.2, 0.25) is 5.56 Å². The Morgan fingerprint density at radius 2 is 1.85 bits per heavy atom. The number of benzene rings is 1. The molecule has 26 heavy (non-hydrogen) atoms. The van der Waals surface area contributed by atoms with Gasteiger partial charge in [0.05, 0.1) is 0 Å². The monoisotopic (exact) mass is 372 g/mol. The van der Waals surface area contributed by atoms with Crippen LogP contribution in [-0.4, -0.2) is 35.3 Å². The van der Waals surface area contributed by atoms with Crippen molar-refractivity contribution in [3.05, 3.63) is 69.1 Å². The second-order valence-corrected chi connectivity index (χ2v) is 7.52. The molecular weight excluding hydrogens is 348 g/mol. The largest absolute Gasteiger partial charge is 0.328 e. The Morgan fingerprint density at radius 1 is 1.12 bits per heavy atom. The minimum atomic E-state index is -0.178. The molecular formula is C21H25ClN2O2. The number of rotatable bonds is 7. The molecule has 1 aromatic carbocycles. The van der Waals surface area contributed by atoms with Crippen LogP contribution in [0, 0.1) is 5.92 Å². The summed E-state index contributed by atoms with van der Waals surface area (Å²) in [5.41, 5.74) is 1.77. The first-order valence-electron chi connectivity index (χ1n) is 9.29. The second kappa shape index (κ2) is 9.15. The molecule has 2 aromatic rings. The van der Waals surface area contributed by atoms with Crippen LogP contribution >= 0.6 is 11.6 Å². The maximum atomic E-state index is 12.1. The SMILES string of the molecule is O=C(CCCN1CCC(Cc2ccc(Cl)cc2)CC1)c1ccc(=O)[nH]c1. The first-order valence-corrected chi connectivity index (χ1v) is 9.67. The molecule has 0 spiro atoms. The van der Waals surface area contributed by atoms with Gasteiger partial charge in [-0.15, -0.1) is 0 Å². The topological polar surface area (TPSA) is 53.2 Å². The fourth-order valence-corrected chi connectivity index (χ4v) is 3.69. The number of ketones is 1. The van der Waals surface area contributed by atoms with Crippen LogP contribution in [0.4, 0.5) is 0 Å². The van der Waals surface area contributed by atoms with Crippen molar-refractivity contribution < 1.29 is 4.79 Å². The lowest BCUT2D eigenvalue weighted by Crippen LogP contribution is -2.35. The predicted molar refractivity (Wildman–Crippen MR) is 105 cm³/mol. The summed E-state index contributed by atoms with van der Waals surface area (Å²) in [6.07, 6.45) is 6.42. The van der Waals surface area contributed by atoms with Crippen molar-refractivity contribution in [2.24, 2.45) is 5.92 Å². The van der Waals surface area contributed by atoms with E-state index in [1.165, 1.54) is 30.7 Å². The molecule has 1 saturated heterocycles. The van der Waals surface area contributed by atoms with Crippen LogP contribution in [0.2, 0.25) is 5.02 Å². The van der Waals surface area contributed by atoms with Gasteiger partial charge in [-0.25, -0.2) is 0 Å². The zero-order valence-corrected chi connectivity index (χ0v) is 15.7. The van der Waals surface area contributed by atoms with Gasteiger partial charge in [0.15, 0.2) is 5.78 Å². The highest BCUT2D eigenvalue weighted by Gasteiger charge is 2.19. The summed E-state index contributed by atoms with van der Waals surface area (Å²) in [5.74, 6) is 0.828. The molecule has 1 aliphatic rings. The summed E-state index contributed by atoms with van der Waals surface area (Å²) < 4.78 is 0. The molecule has 0 bridgehead atoms. The van der Waals surface area contributed by atoms with Crippen molar-refractivity contribution in [1.82, 2.24) is 9.88 Å². The molecule has 1 N–H and O–H groups in total. The van der Waals surface area contributed by atoms with Crippen LogP contribution < -0.4 is 5.56 Å². The fraction of sp³-hybridized carbons (Fsp3) is 0.429. The maximum Gasteiger partial charge on any atom is 0.247 e. The molecule has 2 heterocycles. The molecule has 0 amide bonds. The average molecular weight is 373 g/mol. The predicted octanol–water partition coefficient (Wildman–Crippen LogP) is 3.95. The molecule has 1 aliphatic heterocycles. The molecule has 0 atom stereocenters. The van der Waals surface area contributed by atoms with Gasteiger partial charge in [-0.2, -0.15) is 0 Å². The standard InChI is InChI=1S/C21H25ClN2O2/c22-19-6-3-16(4-7-19)14-17-9-12-24(13-10-17)11-1-2-20(25)18-5-8-21(26)23-15-18/h3-8,15,17H,1-2,9-14H2,(H,23,26). The summed E-state index contributed by atoms with van der Waals surface area (Å²) >= 11 is 5.94. The normalized spacial score (nSPS) is 15.9. The smallest absolute Gasteiger partial charge is 0.247 e. The van der Waals surface area contributed by atoms with Crippen molar-refractivity contribution >= 4 is 17.4 Å². The highest BCUT2D eigenvalue weighted by Crippen LogP contribution is 2.22. The van der Waals surface area contributed by atoms with E-state index in [1.807, 2.05) is 12.1 Å². The third kappa shape index (κ3) is 5.55. The molecule has 4 nitrogen and oxygen atoms in total. The Balaban J connectivity index is 1.36. The summed E-state index contributed by atoms with van der Waals surface area (Å²) in [6, 6.07) is 11.2. The van der Waals surface area contributed by atoms with E-state index in [0.717, 1.165) is 43.4 Å². The van der Waals surface area contributed by atoms with E-state index >= 15 is 0 Å². The summed E-state index contributed by atoms with van der Waals surface area (Å²) in [7, 11) is 0. The fourth-order valence-electron chi connectivity index (χ4n) is 3.56. The minimum Gasteiger partial charge on any atom is -0.328 e. The van der Waals surface area contributed by atoms with Crippen molar-refractivity contribution in [2.45, 2.75) is 32.1 Å².